The molecular weight excluding hydrogens is 184 g/mol. The molecule has 0 N–H and O–H groups in total. The maximum Gasteiger partial charge on any atom is 0.0347 e. The molecule has 0 aliphatic carbocycles. The highest BCUT2D eigenvalue weighted by molar-refractivity contribution is 4.88. The maximum atomic E-state index is 2.55. The van der Waals surface area contributed by atoms with Crippen LogP contribution in [0.4, 0.5) is 0 Å². The van der Waals surface area contributed by atoms with Gasteiger partial charge in [0, 0.05) is 31.7 Å². The number of nitrogens with zero attached hydrogens (tertiary/aromatic N) is 2. The molecule has 0 amide bonds. The van der Waals surface area contributed by atoms with E-state index in [2.05, 4.69) is 51.5 Å². The number of rotatable bonds is 5. The molecule has 1 aliphatic heterocycles. The summed E-state index contributed by atoms with van der Waals surface area (Å²) >= 11 is 0. The van der Waals surface area contributed by atoms with Gasteiger partial charge in [-0.15, -0.1) is 0 Å². The van der Waals surface area contributed by atoms with E-state index >= 15 is 0 Å². The third-order valence-electron chi connectivity index (χ3n) is 3.96. The first-order valence-electron chi connectivity index (χ1n) is 6.36. The Balaban J connectivity index is 2.23. The molecule has 0 aromatic heterocycles. The highest BCUT2D eigenvalue weighted by Crippen LogP contribution is 2.19. The first kappa shape index (κ1) is 13.0. The fourth-order valence-corrected chi connectivity index (χ4v) is 2.00. The lowest BCUT2D eigenvalue weighted by molar-refractivity contribution is 0.0184. The predicted octanol–water partition coefficient (Wildman–Crippen LogP) is 2.30. The predicted molar refractivity (Wildman–Crippen MR) is 67.1 cm³/mol. The van der Waals surface area contributed by atoms with Crippen molar-refractivity contribution >= 4 is 0 Å². The number of likely N-dealkylation sites (N-methyl/N-ethyl adjacent to an activating group) is 1. The van der Waals surface area contributed by atoms with Crippen molar-refractivity contribution in [3.05, 3.63) is 0 Å². The quantitative estimate of drug-likeness (QED) is 0.690. The Kier molecular flexibility index (Phi) is 4.60. The zero-order valence-corrected chi connectivity index (χ0v) is 11.3. The molecule has 1 atom stereocenters. The molecule has 0 bridgehead atoms. The number of likely N-dealkylation sites (tertiary alicyclic amines) is 1. The second-order valence-corrected chi connectivity index (χ2v) is 5.86. The van der Waals surface area contributed by atoms with Crippen LogP contribution in [0.25, 0.3) is 0 Å². The van der Waals surface area contributed by atoms with Crippen molar-refractivity contribution in [3.63, 3.8) is 0 Å². The zero-order valence-electron chi connectivity index (χ0n) is 11.3. The summed E-state index contributed by atoms with van der Waals surface area (Å²) in [6.45, 7) is 15.3. The Morgan fingerprint density at radius 2 is 1.67 bits per heavy atom. The monoisotopic (exact) mass is 212 g/mol. The van der Waals surface area contributed by atoms with Crippen LogP contribution in [0, 0.1) is 11.8 Å². The summed E-state index contributed by atoms with van der Waals surface area (Å²) < 4.78 is 0. The molecule has 2 nitrogen and oxygen atoms in total. The molecule has 1 heterocycles. The summed E-state index contributed by atoms with van der Waals surface area (Å²) in [5.41, 5.74) is 0. The molecule has 0 aromatic carbocycles. The normalized spacial score (nSPS) is 21.4. The van der Waals surface area contributed by atoms with Crippen LogP contribution in [0.2, 0.25) is 0 Å². The third-order valence-corrected chi connectivity index (χ3v) is 3.96. The highest BCUT2D eigenvalue weighted by Gasteiger charge is 2.31. The summed E-state index contributed by atoms with van der Waals surface area (Å²) in [7, 11) is 2.28. The van der Waals surface area contributed by atoms with Gasteiger partial charge in [0.15, 0.2) is 0 Å². The van der Waals surface area contributed by atoms with E-state index in [1.165, 1.54) is 19.6 Å². The molecule has 0 radical (unpaired) electrons. The van der Waals surface area contributed by atoms with Crippen molar-refractivity contribution in [2.24, 2.45) is 11.8 Å². The van der Waals surface area contributed by atoms with Crippen molar-refractivity contribution in [2.45, 2.75) is 46.7 Å². The molecule has 0 aromatic rings. The SMILES string of the molecule is CC(C)C(C)CN(C)C1CN(C(C)C)C1. The van der Waals surface area contributed by atoms with Gasteiger partial charge in [-0.1, -0.05) is 20.8 Å². The molecule has 1 aliphatic rings. The van der Waals surface area contributed by atoms with E-state index in [1.807, 2.05) is 0 Å². The first-order valence-corrected chi connectivity index (χ1v) is 6.36. The number of hydrogen-bond donors (Lipinski definition) is 0. The van der Waals surface area contributed by atoms with E-state index in [1.54, 1.807) is 0 Å². The minimum atomic E-state index is 0.720. The second-order valence-electron chi connectivity index (χ2n) is 5.86. The number of hydrogen-bond acceptors (Lipinski definition) is 2. The molecule has 0 spiro atoms. The van der Waals surface area contributed by atoms with Crippen LogP contribution in [0.3, 0.4) is 0 Å². The maximum absolute atomic E-state index is 2.55. The molecule has 1 saturated heterocycles. The molecular formula is C13H28N2. The lowest BCUT2D eigenvalue weighted by atomic mass is 9.96. The summed E-state index contributed by atoms with van der Waals surface area (Å²) in [5, 5.41) is 0. The summed E-state index contributed by atoms with van der Waals surface area (Å²) in [6, 6.07) is 1.52. The van der Waals surface area contributed by atoms with Gasteiger partial charge in [0.05, 0.1) is 0 Å². The Labute approximate surface area is 95.6 Å². The largest absolute Gasteiger partial charge is 0.301 e. The Bertz CT molecular complexity index is 183. The van der Waals surface area contributed by atoms with Gasteiger partial charge in [-0.2, -0.15) is 0 Å². The van der Waals surface area contributed by atoms with Crippen LogP contribution in [-0.4, -0.2) is 48.6 Å². The van der Waals surface area contributed by atoms with Crippen LogP contribution in [0.1, 0.15) is 34.6 Å². The Morgan fingerprint density at radius 1 is 1.13 bits per heavy atom. The van der Waals surface area contributed by atoms with Crippen LogP contribution >= 0.6 is 0 Å². The van der Waals surface area contributed by atoms with Crippen molar-refractivity contribution in [2.75, 3.05) is 26.7 Å². The topological polar surface area (TPSA) is 6.48 Å². The third kappa shape index (κ3) is 3.46. The standard InChI is InChI=1S/C13H28N2/c1-10(2)12(5)7-14(6)13-8-15(9-13)11(3)4/h10-13H,7-9H2,1-6H3. The van der Waals surface area contributed by atoms with Crippen molar-refractivity contribution < 1.29 is 0 Å². The van der Waals surface area contributed by atoms with Gasteiger partial charge < -0.3 is 4.90 Å². The zero-order chi connectivity index (χ0) is 11.6. The van der Waals surface area contributed by atoms with Crippen molar-refractivity contribution in [1.82, 2.24) is 9.80 Å². The molecule has 1 fully saturated rings. The van der Waals surface area contributed by atoms with E-state index in [0.717, 1.165) is 23.9 Å². The summed E-state index contributed by atoms with van der Waals surface area (Å²) in [5.74, 6) is 1.61. The van der Waals surface area contributed by atoms with E-state index in [-0.39, 0.29) is 0 Å². The fourth-order valence-electron chi connectivity index (χ4n) is 2.00. The van der Waals surface area contributed by atoms with Gasteiger partial charge in [0.25, 0.3) is 0 Å². The van der Waals surface area contributed by atoms with E-state index in [9.17, 15) is 0 Å². The van der Waals surface area contributed by atoms with Gasteiger partial charge in [0.1, 0.15) is 0 Å². The highest BCUT2D eigenvalue weighted by atomic mass is 15.3. The van der Waals surface area contributed by atoms with Crippen LogP contribution < -0.4 is 0 Å². The average molecular weight is 212 g/mol. The van der Waals surface area contributed by atoms with E-state index in [0.29, 0.717) is 0 Å². The minimum absolute atomic E-state index is 0.720. The molecule has 2 heteroatoms. The summed E-state index contributed by atoms with van der Waals surface area (Å²) in [6.07, 6.45) is 0. The lowest BCUT2D eigenvalue weighted by Gasteiger charge is -2.47. The fraction of sp³-hybridized carbons (Fsp3) is 1.00. The molecule has 90 valence electrons. The minimum Gasteiger partial charge on any atom is -0.301 e. The second kappa shape index (κ2) is 5.31. The van der Waals surface area contributed by atoms with Gasteiger partial charge in [-0.3, -0.25) is 4.90 Å². The molecule has 1 unspecified atom stereocenters. The van der Waals surface area contributed by atoms with Crippen molar-refractivity contribution in [3.8, 4) is 0 Å². The Morgan fingerprint density at radius 3 is 2.07 bits per heavy atom. The Hall–Kier alpha value is -0.0800. The average Bonchev–Trinajstić information content (AvgIpc) is 1.99. The van der Waals surface area contributed by atoms with Gasteiger partial charge in [-0.05, 0) is 32.7 Å². The van der Waals surface area contributed by atoms with Crippen molar-refractivity contribution in [1.29, 1.82) is 0 Å². The van der Waals surface area contributed by atoms with Crippen LogP contribution in [-0.2, 0) is 0 Å². The van der Waals surface area contributed by atoms with Gasteiger partial charge in [0.2, 0.25) is 0 Å². The van der Waals surface area contributed by atoms with E-state index < -0.39 is 0 Å². The van der Waals surface area contributed by atoms with Crippen LogP contribution in [0.5, 0.6) is 0 Å². The van der Waals surface area contributed by atoms with Crippen LogP contribution in [0.15, 0.2) is 0 Å². The molecule has 0 saturated carbocycles. The van der Waals surface area contributed by atoms with Gasteiger partial charge >= 0.3 is 0 Å². The molecule has 15 heavy (non-hydrogen) atoms. The summed E-state index contributed by atoms with van der Waals surface area (Å²) in [4.78, 5) is 5.09. The van der Waals surface area contributed by atoms with Gasteiger partial charge in [-0.25, -0.2) is 0 Å². The molecule has 1 rings (SSSR count). The smallest absolute Gasteiger partial charge is 0.0347 e. The lowest BCUT2D eigenvalue weighted by Crippen LogP contribution is -2.60. The van der Waals surface area contributed by atoms with E-state index in [4.69, 9.17) is 0 Å². The first-order chi connectivity index (χ1) is 6.91.